The second-order valence-electron chi connectivity index (χ2n) is 7.33. The Morgan fingerprint density at radius 3 is 2.90 bits per heavy atom. The van der Waals surface area contributed by atoms with Crippen LogP contribution < -0.4 is 20.3 Å². The van der Waals surface area contributed by atoms with Crippen LogP contribution in [-0.4, -0.2) is 48.5 Å². The molecule has 0 bridgehead atoms. The number of carbonyl (C=O) groups is 1. The second-order valence-corrected chi connectivity index (χ2v) is 7.33. The third-order valence-electron chi connectivity index (χ3n) is 5.12. The lowest BCUT2D eigenvalue weighted by Gasteiger charge is -2.33. The second kappa shape index (κ2) is 7.71. The summed E-state index contributed by atoms with van der Waals surface area (Å²) in [5, 5.41) is 11.1. The minimum Gasteiger partial charge on any atom is -0.496 e. The molecule has 0 spiro atoms. The van der Waals surface area contributed by atoms with E-state index in [-0.39, 0.29) is 5.69 Å². The lowest BCUT2D eigenvalue weighted by Crippen LogP contribution is -2.49. The lowest BCUT2D eigenvalue weighted by atomic mass is 10.1. The zero-order valence-corrected chi connectivity index (χ0v) is 16.7. The Morgan fingerprint density at radius 1 is 1.34 bits per heavy atom. The van der Waals surface area contributed by atoms with E-state index in [9.17, 15) is 9.18 Å². The molecule has 1 fully saturated rings. The van der Waals surface area contributed by atoms with Crippen molar-refractivity contribution < 1.29 is 13.9 Å². The van der Waals surface area contributed by atoms with Gasteiger partial charge in [-0.3, -0.25) is 9.48 Å². The number of aryl methyl sites for hydroxylation is 1. The number of hydrogen-bond donors (Lipinski definition) is 2. The van der Waals surface area contributed by atoms with Gasteiger partial charge in [-0.25, -0.2) is 4.39 Å². The molecule has 3 aromatic rings. The maximum Gasteiger partial charge on any atom is 0.259 e. The molecule has 1 amide bonds. The summed E-state index contributed by atoms with van der Waals surface area (Å²) in [4.78, 5) is 15.0. The van der Waals surface area contributed by atoms with Gasteiger partial charge in [0.1, 0.15) is 11.6 Å². The van der Waals surface area contributed by atoms with Gasteiger partial charge in [-0.2, -0.15) is 5.10 Å². The van der Waals surface area contributed by atoms with E-state index in [2.05, 4.69) is 27.6 Å². The van der Waals surface area contributed by atoms with Gasteiger partial charge in [0.05, 0.1) is 23.9 Å². The molecule has 1 saturated heterocycles. The van der Waals surface area contributed by atoms with Crippen LogP contribution in [-0.2, 0) is 7.05 Å². The predicted octanol–water partition coefficient (Wildman–Crippen LogP) is 2.77. The molecule has 8 heteroatoms. The number of anilines is 2. The number of methoxy groups -OCH3 is 1. The monoisotopic (exact) mass is 397 g/mol. The molecule has 2 aromatic carbocycles. The molecule has 0 radical (unpaired) electrons. The number of ether oxygens (including phenoxy) is 1. The van der Waals surface area contributed by atoms with Crippen LogP contribution in [0.5, 0.6) is 5.75 Å². The molecule has 1 aliphatic rings. The molecule has 1 aromatic heterocycles. The summed E-state index contributed by atoms with van der Waals surface area (Å²) in [7, 11) is 3.30. The summed E-state index contributed by atoms with van der Waals surface area (Å²) < 4.78 is 21.7. The van der Waals surface area contributed by atoms with E-state index in [0.29, 0.717) is 17.4 Å². The van der Waals surface area contributed by atoms with Gasteiger partial charge in [-0.1, -0.05) is 0 Å². The summed E-state index contributed by atoms with van der Waals surface area (Å²) in [6, 6.07) is 8.65. The van der Waals surface area contributed by atoms with Crippen molar-refractivity contribution in [1.29, 1.82) is 0 Å². The van der Waals surface area contributed by atoms with Crippen LogP contribution in [0.1, 0.15) is 17.3 Å². The van der Waals surface area contributed by atoms with Crippen molar-refractivity contribution in [2.45, 2.75) is 13.0 Å². The van der Waals surface area contributed by atoms with Crippen LogP contribution in [0.25, 0.3) is 10.9 Å². The smallest absolute Gasteiger partial charge is 0.259 e. The highest BCUT2D eigenvalue weighted by molar-refractivity contribution is 6.08. The number of aromatic nitrogens is 2. The highest BCUT2D eigenvalue weighted by Gasteiger charge is 2.19. The molecule has 0 aliphatic carbocycles. The number of amides is 1. The summed E-state index contributed by atoms with van der Waals surface area (Å²) in [5.41, 5.74) is 1.99. The van der Waals surface area contributed by atoms with Gasteiger partial charge >= 0.3 is 0 Å². The van der Waals surface area contributed by atoms with Gasteiger partial charge in [0.25, 0.3) is 5.91 Å². The van der Waals surface area contributed by atoms with Gasteiger partial charge in [0.15, 0.2) is 0 Å². The SMILES string of the molecule is COc1cc2nn(C)cc2cc1C(=O)Nc1ccc(N2CCN[C@@H](C)C2)cc1F. The maximum absolute atomic E-state index is 14.7. The lowest BCUT2D eigenvalue weighted by molar-refractivity contribution is 0.102. The Kier molecular flexibility index (Phi) is 5.10. The van der Waals surface area contributed by atoms with Crippen LogP contribution in [0, 0.1) is 5.82 Å². The van der Waals surface area contributed by atoms with E-state index in [1.54, 1.807) is 22.9 Å². The number of rotatable bonds is 4. The first-order chi connectivity index (χ1) is 13.9. The van der Waals surface area contributed by atoms with Crippen LogP contribution >= 0.6 is 0 Å². The Hall–Kier alpha value is -3.13. The minimum atomic E-state index is -0.469. The first-order valence-corrected chi connectivity index (χ1v) is 9.55. The number of benzene rings is 2. The quantitative estimate of drug-likeness (QED) is 0.708. The van der Waals surface area contributed by atoms with Crippen molar-refractivity contribution >= 4 is 28.2 Å². The van der Waals surface area contributed by atoms with Crippen LogP contribution in [0.3, 0.4) is 0 Å². The van der Waals surface area contributed by atoms with E-state index in [0.717, 1.165) is 36.2 Å². The number of carbonyl (C=O) groups excluding carboxylic acids is 1. The minimum absolute atomic E-state index is 0.135. The summed E-state index contributed by atoms with van der Waals surface area (Å²) in [6.45, 7) is 4.59. The zero-order chi connectivity index (χ0) is 20.5. The van der Waals surface area contributed by atoms with Crippen LogP contribution in [0.2, 0.25) is 0 Å². The third kappa shape index (κ3) is 3.88. The van der Waals surface area contributed by atoms with Crippen LogP contribution in [0.15, 0.2) is 36.5 Å². The summed E-state index contributed by atoms with van der Waals surface area (Å²) in [5.74, 6) is -0.515. The first-order valence-electron chi connectivity index (χ1n) is 9.55. The average Bonchev–Trinajstić information content (AvgIpc) is 3.07. The van der Waals surface area contributed by atoms with Gasteiger partial charge in [-0.15, -0.1) is 0 Å². The van der Waals surface area contributed by atoms with Crippen molar-refractivity contribution in [3.8, 4) is 5.75 Å². The fourth-order valence-corrected chi connectivity index (χ4v) is 3.68. The number of nitrogens with zero attached hydrogens (tertiary/aromatic N) is 3. The molecule has 0 saturated carbocycles. The van der Waals surface area contributed by atoms with E-state index < -0.39 is 11.7 Å². The van der Waals surface area contributed by atoms with E-state index in [4.69, 9.17) is 4.74 Å². The maximum atomic E-state index is 14.7. The molecule has 2 heterocycles. The van der Waals surface area contributed by atoms with Gasteiger partial charge in [0, 0.05) is 56.1 Å². The highest BCUT2D eigenvalue weighted by atomic mass is 19.1. The van der Waals surface area contributed by atoms with Gasteiger partial charge < -0.3 is 20.3 Å². The Morgan fingerprint density at radius 2 is 2.17 bits per heavy atom. The molecule has 152 valence electrons. The van der Waals surface area contributed by atoms with Crippen LogP contribution in [0.4, 0.5) is 15.8 Å². The van der Waals surface area contributed by atoms with Gasteiger partial charge in [-0.05, 0) is 31.2 Å². The fraction of sp³-hybridized carbons (Fsp3) is 0.333. The number of halogens is 1. The predicted molar refractivity (Wildman–Crippen MR) is 111 cm³/mol. The number of fused-ring (bicyclic) bond motifs is 1. The molecular weight excluding hydrogens is 373 g/mol. The molecule has 2 N–H and O–H groups in total. The largest absolute Gasteiger partial charge is 0.496 e. The van der Waals surface area contributed by atoms with Crippen molar-refractivity contribution in [2.75, 3.05) is 37.0 Å². The molecule has 1 aliphatic heterocycles. The molecule has 1 atom stereocenters. The normalized spacial score (nSPS) is 16.8. The molecular formula is C21H24FN5O2. The fourth-order valence-electron chi connectivity index (χ4n) is 3.68. The number of hydrogen-bond acceptors (Lipinski definition) is 5. The Bertz CT molecular complexity index is 1060. The van der Waals surface area contributed by atoms with E-state index >= 15 is 0 Å². The summed E-state index contributed by atoms with van der Waals surface area (Å²) in [6.07, 6.45) is 1.81. The van der Waals surface area contributed by atoms with E-state index in [1.165, 1.54) is 13.2 Å². The topological polar surface area (TPSA) is 71.4 Å². The Labute approximate surface area is 168 Å². The summed E-state index contributed by atoms with van der Waals surface area (Å²) >= 11 is 0. The number of piperazine rings is 1. The standard InChI is InChI=1S/C21H24FN5O2/c1-13-11-27(7-6-23-13)15-4-5-18(17(22)9-15)24-21(28)16-8-14-12-26(2)25-19(14)10-20(16)29-3/h4-5,8-10,12-13,23H,6-7,11H2,1-3H3,(H,24,28)/t13-/m0/s1. The average molecular weight is 397 g/mol. The number of nitrogens with one attached hydrogen (secondary N) is 2. The first kappa shape index (κ1) is 19.2. The van der Waals surface area contributed by atoms with Gasteiger partial charge in [0.2, 0.25) is 0 Å². The third-order valence-corrected chi connectivity index (χ3v) is 5.12. The Balaban J connectivity index is 1.57. The highest BCUT2D eigenvalue weighted by Crippen LogP contribution is 2.28. The van der Waals surface area contributed by atoms with Crippen molar-refractivity contribution in [2.24, 2.45) is 7.05 Å². The van der Waals surface area contributed by atoms with Crippen molar-refractivity contribution in [1.82, 2.24) is 15.1 Å². The van der Waals surface area contributed by atoms with E-state index in [1.807, 2.05) is 19.3 Å². The molecule has 29 heavy (non-hydrogen) atoms. The van der Waals surface area contributed by atoms with Crippen molar-refractivity contribution in [3.63, 3.8) is 0 Å². The zero-order valence-electron chi connectivity index (χ0n) is 16.7. The molecule has 4 rings (SSSR count). The molecule has 0 unspecified atom stereocenters. The molecule has 7 nitrogen and oxygen atoms in total. The van der Waals surface area contributed by atoms with Crippen molar-refractivity contribution in [3.05, 3.63) is 47.9 Å².